The summed E-state index contributed by atoms with van der Waals surface area (Å²) in [7, 11) is 0. The summed E-state index contributed by atoms with van der Waals surface area (Å²) in [6, 6.07) is 19.0. The molecule has 0 atom stereocenters. The van der Waals surface area contributed by atoms with Gasteiger partial charge in [0.15, 0.2) is 0 Å². The largest absolute Gasteiger partial charge is 0.489 e. The molecule has 0 aliphatic carbocycles. The second kappa shape index (κ2) is 11.8. The molecule has 1 aliphatic heterocycles. The maximum atomic E-state index is 13.8. The lowest BCUT2D eigenvalue weighted by molar-refractivity contribution is -0.136. The highest BCUT2D eigenvalue weighted by atomic mass is 35.5. The average Bonchev–Trinajstić information content (AvgIpc) is 2.86. The van der Waals surface area contributed by atoms with Crippen LogP contribution in [-0.4, -0.2) is 30.2 Å². The molecule has 1 fully saturated rings. The van der Waals surface area contributed by atoms with Crippen LogP contribution in [0.4, 0.5) is 0 Å². The minimum absolute atomic E-state index is 0.0608. The zero-order chi connectivity index (χ0) is 26.4. The van der Waals surface area contributed by atoms with Gasteiger partial charge < -0.3 is 19.9 Å². The molecule has 0 radical (unpaired) electrons. The van der Waals surface area contributed by atoms with Gasteiger partial charge >= 0.3 is 5.97 Å². The van der Waals surface area contributed by atoms with Crippen LogP contribution in [0.15, 0.2) is 60.7 Å². The van der Waals surface area contributed by atoms with Crippen molar-refractivity contribution in [2.75, 3.05) is 13.2 Å². The molecule has 0 bridgehead atoms. The SMILES string of the molecule is Cc1cc(C)cc(C2(NC(=O)c3cc(COc4cccc(Cl)c4)ccc3CCC(=O)O)CCOCC2)c1. The molecule has 1 saturated heterocycles. The molecule has 3 aromatic carbocycles. The Morgan fingerprint density at radius 1 is 1.03 bits per heavy atom. The second-order valence-electron chi connectivity index (χ2n) is 9.66. The minimum atomic E-state index is -0.907. The van der Waals surface area contributed by atoms with E-state index in [1.54, 1.807) is 18.2 Å². The fraction of sp³-hybridized carbons (Fsp3) is 0.333. The van der Waals surface area contributed by atoms with Gasteiger partial charge in [-0.25, -0.2) is 0 Å². The molecule has 37 heavy (non-hydrogen) atoms. The van der Waals surface area contributed by atoms with Gasteiger partial charge in [0.25, 0.3) is 5.91 Å². The van der Waals surface area contributed by atoms with Crippen molar-refractivity contribution >= 4 is 23.5 Å². The number of ether oxygens (including phenoxy) is 2. The van der Waals surface area contributed by atoms with Crippen molar-refractivity contribution in [3.05, 3.63) is 99.1 Å². The molecule has 2 N–H and O–H groups in total. The number of rotatable bonds is 9. The van der Waals surface area contributed by atoms with E-state index in [4.69, 9.17) is 21.1 Å². The van der Waals surface area contributed by atoms with Gasteiger partial charge in [-0.15, -0.1) is 0 Å². The van der Waals surface area contributed by atoms with Gasteiger partial charge in [0.2, 0.25) is 0 Å². The number of hydrogen-bond donors (Lipinski definition) is 2. The predicted octanol–water partition coefficient (Wildman–Crippen LogP) is 5.99. The summed E-state index contributed by atoms with van der Waals surface area (Å²) >= 11 is 6.06. The number of carboxylic acids is 1. The third-order valence-electron chi connectivity index (χ3n) is 6.70. The standard InChI is InChI=1S/C30H32ClNO5/c1-20-14-21(2)16-24(15-20)30(10-12-36-13-11-30)32-29(35)27-17-22(6-7-23(27)8-9-28(33)34)19-37-26-5-3-4-25(31)18-26/h3-7,14-18H,8-13,19H2,1-2H3,(H,32,35)(H,33,34). The molecule has 0 spiro atoms. The van der Waals surface area contributed by atoms with Gasteiger partial charge in [0, 0.05) is 30.2 Å². The van der Waals surface area contributed by atoms with Crippen molar-refractivity contribution in [3.63, 3.8) is 0 Å². The average molecular weight is 522 g/mol. The van der Waals surface area contributed by atoms with Crippen molar-refractivity contribution in [1.29, 1.82) is 0 Å². The molecule has 7 heteroatoms. The number of nitrogens with one attached hydrogen (secondary N) is 1. The van der Waals surface area contributed by atoms with E-state index in [0.717, 1.165) is 22.3 Å². The van der Waals surface area contributed by atoms with Crippen LogP contribution in [0, 0.1) is 13.8 Å². The summed E-state index contributed by atoms with van der Waals surface area (Å²) < 4.78 is 11.5. The fourth-order valence-corrected chi connectivity index (χ4v) is 5.03. The van der Waals surface area contributed by atoms with Crippen LogP contribution in [0.1, 0.15) is 57.4 Å². The molecule has 6 nitrogen and oxygen atoms in total. The van der Waals surface area contributed by atoms with E-state index in [9.17, 15) is 14.7 Å². The minimum Gasteiger partial charge on any atom is -0.489 e. The highest BCUT2D eigenvalue weighted by molar-refractivity contribution is 6.30. The first-order valence-electron chi connectivity index (χ1n) is 12.5. The van der Waals surface area contributed by atoms with Crippen LogP contribution in [0.25, 0.3) is 0 Å². The Morgan fingerprint density at radius 2 is 1.76 bits per heavy atom. The molecule has 1 amide bonds. The number of carboxylic acid groups (broad SMARTS) is 1. The summed E-state index contributed by atoms with van der Waals surface area (Å²) in [5.41, 5.74) is 4.72. The first-order valence-corrected chi connectivity index (χ1v) is 12.8. The number of benzene rings is 3. The molecule has 0 unspecified atom stereocenters. The summed E-state index contributed by atoms with van der Waals surface area (Å²) in [6.07, 6.45) is 1.51. The van der Waals surface area contributed by atoms with E-state index in [1.165, 1.54) is 0 Å². The first kappa shape index (κ1) is 26.7. The molecule has 0 aromatic heterocycles. The number of amides is 1. The number of halogens is 1. The molecule has 1 aliphatic rings. The molecule has 1 heterocycles. The van der Waals surface area contributed by atoms with Crippen molar-refractivity contribution in [2.24, 2.45) is 0 Å². The third-order valence-corrected chi connectivity index (χ3v) is 6.94. The monoisotopic (exact) mass is 521 g/mol. The number of aryl methyl sites for hydroxylation is 3. The van der Waals surface area contributed by atoms with Gasteiger partial charge in [0.1, 0.15) is 12.4 Å². The lowest BCUT2D eigenvalue weighted by atomic mass is 9.81. The molecular formula is C30H32ClNO5. The highest BCUT2D eigenvalue weighted by Crippen LogP contribution is 2.34. The van der Waals surface area contributed by atoms with Crippen LogP contribution >= 0.6 is 11.6 Å². The van der Waals surface area contributed by atoms with E-state index < -0.39 is 11.5 Å². The third kappa shape index (κ3) is 6.90. The summed E-state index contributed by atoms with van der Waals surface area (Å²) in [5, 5.41) is 13.2. The molecular weight excluding hydrogens is 490 g/mol. The Balaban J connectivity index is 1.64. The maximum Gasteiger partial charge on any atom is 0.303 e. The Hall–Kier alpha value is -3.35. The Kier molecular flexibility index (Phi) is 8.52. The molecule has 194 valence electrons. The molecule has 0 saturated carbocycles. The molecule has 3 aromatic rings. The van der Waals surface area contributed by atoms with Crippen LogP contribution in [0.3, 0.4) is 0 Å². The predicted molar refractivity (Wildman–Crippen MR) is 143 cm³/mol. The van der Waals surface area contributed by atoms with Gasteiger partial charge in [-0.05, 0) is 74.1 Å². The summed E-state index contributed by atoms with van der Waals surface area (Å²) in [4.78, 5) is 25.1. The Labute approximate surface area is 222 Å². The smallest absolute Gasteiger partial charge is 0.303 e. The van der Waals surface area contributed by atoms with Crippen LogP contribution < -0.4 is 10.1 Å². The maximum absolute atomic E-state index is 13.8. The summed E-state index contributed by atoms with van der Waals surface area (Å²) in [5.74, 6) is -0.508. The quantitative estimate of drug-likeness (QED) is 0.361. The van der Waals surface area contributed by atoms with E-state index >= 15 is 0 Å². The zero-order valence-electron chi connectivity index (χ0n) is 21.2. The Morgan fingerprint density at radius 3 is 2.43 bits per heavy atom. The Bertz CT molecular complexity index is 1260. The van der Waals surface area contributed by atoms with E-state index in [0.29, 0.717) is 48.0 Å². The van der Waals surface area contributed by atoms with E-state index in [1.807, 2.05) is 24.3 Å². The normalized spacial score (nSPS) is 14.7. The summed E-state index contributed by atoms with van der Waals surface area (Å²) in [6.45, 7) is 5.45. The van der Waals surface area contributed by atoms with Gasteiger partial charge in [-0.3, -0.25) is 9.59 Å². The van der Waals surface area contributed by atoms with E-state index in [2.05, 4.69) is 37.4 Å². The van der Waals surface area contributed by atoms with Crippen LogP contribution in [0.2, 0.25) is 5.02 Å². The van der Waals surface area contributed by atoms with Gasteiger partial charge in [-0.1, -0.05) is 59.1 Å². The first-order chi connectivity index (χ1) is 17.7. The van der Waals surface area contributed by atoms with Crippen molar-refractivity contribution < 1.29 is 24.2 Å². The van der Waals surface area contributed by atoms with Gasteiger partial charge in [0.05, 0.1) is 5.54 Å². The topological polar surface area (TPSA) is 84.9 Å². The van der Waals surface area contributed by atoms with Crippen LogP contribution in [-0.2, 0) is 28.1 Å². The number of carbonyl (C=O) groups excluding carboxylic acids is 1. The lowest BCUT2D eigenvalue weighted by Crippen LogP contribution is -2.49. The second-order valence-corrected chi connectivity index (χ2v) is 10.1. The lowest BCUT2D eigenvalue weighted by Gasteiger charge is -2.39. The van der Waals surface area contributed by atoms with E-state index in [-0.39, 0.29) is 25.4 Å². The van der Waals surface area contributed by atoms with Gasteiger partial charge in [-0.2, -0.15) is 0 Å². The molecule has 4 rings (SSSR count). The number of carbonyl (C=O) groups is 2. The number of hydrogen-bond acceptors (Lipinski definition) is 4. The number of aliphatic carboxylic acids is 1. The van der Waals surface area contributed by atoms with Crippen molar-refractivity contribution in [2.45, 2.75) is 51.7 Å². The van der Waals surface area contributed by atoms with Crippen LogP contribution in [0.5, 0.6) is 5.75 Å². The van der Waals surface area contributed by atoms with Crippen molar-refractivity contribution in [1.82, 2.24) is 5.32 Å². The highest BCUT2D eigenvalue weighted by Gasteiger charge is 2.37. The zero-order valence-corrected chi connectivity index (χ0v) is 21.9. The fourth-order valence-electron chi connectivity index (χ4n) is 4.85. The van der Waals surface area contributed by atoms with Crippen molar-refractivity contribution in [3.8, 4) is 5.75 Å².